The lowest BCUT2D eigenvalue weighted by molar-refractivity contribution is 1.23. The van der Waals surface area contributed by atoms with Crippen molar-refractivity contribution in [3.05, 3.63) is 267 Å². The van der Waals surface area contributed by atoms with Crippen LogP contribution in [0.2, 0.25) is 0 Å². The molecule has 0 unspecified atom stereocenters. The fraction of sp³-hybridized carbons (Fsp3) is 0. The molecule has 318 valence electrons. The van der Waals surface area contributed by atoms with E-state index in [0.29, 0.717) is 5.82 Å². The minimum absolute atomic E-state index is 0.704. The van der Waals surface area contributed by atoms with Crippen molar-refractivity contribution in [3.63, 3.8) is 0 Å². The first-order valence-electron chi connectivity index (χ1n) is 23.2. The maximum Gasteiger partial charge on any atom is 0.160 e. The van der Waals surface area contributed by atoms with Crippen LogP contribution in [0.1, 0.15) is 0 Å². The highest BCUT2D eigenvalue weighted by Crippen LogP contribution is 2.37. The molecule has 1 aromatic heterocycles. The van der Waals surface area contributed by atoms with E-state index in [2.05, 4.69) is 267 Å². The van der Waals surface area contributed by atoms with E-state index >= 15 is 0 Å². The van der Waals surface area contributed by atoms with Crippen molar-refractivity contribution in [1.82, 2.24) is 9.97 Å². The quantitative estimate of drug-likeness (QED) is 0.135. The van der Waals surface area contributed by atoms with Crippen LogP contribution in [0.3, 0.4) is 0 Å². The maximum absolute atomic E-state index is 5.32. The van der Waals surface area contributed by atoms with E-state index in [1.54, 1.807) is 0 Å². The molecule has 68 heavy (non-hydrogen) atoms. The molecule has 12 aromatic rings. The first-order chi connectivity index (χ1) is 33.7. The van der Waals surface area contributed by atoms with Gasteiger partial charge in [0.15, 0.2) is 5.82 Å². The van der Waals surface area contributed by atoms with Gasteiger partial charge in [0, 0.05) is 21.9 Å². The average molecular weight is 865 g/mol. The summed E-state index contributed by atoms with van der Waals surface area (Å²) in [6.45, 7) is 0. The zero-order chi connectivity index (χ0) is 45.2. The third-order valence-electron chi connectivity index (χ3n) is 13.1. The lowest BCUT2D eigenvalue weighted by Crippen LogP contribution is -1.96. The van der Waals surface area contributed by atoms with Crippen LogP contribution in [0.5, 0.6) is 0 Å². The number of hydrogen-bond acceptors (Lipinski definition) is 2. The first-order valence-corrected chi connectivity index (χ1v) is 23.2. The molecule has 0 radical (unpaired) electrons. The van der Waals surface area contributed by atoms with E-state index in [9.17, 15) is 0 Å². The third kappa shape index (κ3) is 8.06. The number of nitrogens with zero attached hydrogens (tertiary/aromatic N) is 2. The van der Waals surface area contributed by atoms with Crippen molar-refractivity contribution in [3.8, 4) is 101 Å². The summed E-state index contributed by atoms with van der Waals surface area (Å²) >= 11 is 0. The summed E-state index contributed by atoms with van der Waals surface area (Å²) in [6, 6.07) is 95.5. The van der Waals surface area contributed by atoms with E-state index in [4.69, 9.17) is 9.97 Å². The molecule has 0 bridgehead atoms. The minimum Gasteiger partial charge on any atom is -0.227 e. The Morgan fingerprint density at radius 2 is 0.529 bits per heavy atom. The fourth-order valence-electron chi connectivity index (χ4n) is 9.45. The monoisotopic (exact) mass is 864 g/mol. The molecule has 0 aliphatic heterocycles. The molecule has 2 nitrogen and oxygen atoms in total. The number of rotatable bonds is 9. The van der Waals surface area contributed by atoms with Gasteiger partial charge in [0.1, 0.15) is 0 Å². The molecule has 0 amide bonds. The Morgan fingerprint density at radius 1 is 0.191 bits per heavy atom. The van der Waals surface area contributed by atoms with Crippen LogP contribution in [-0.4, -0.2) is 9.97 Å². The maximum atomic E-state index is 5.32. The van der Waals surface area contributed by atoms with Gasteiger partial charge in [-0.1, -0.05) is 237 Å². The van der Waals surface area contributed by atoms with Crippen LogP contribution in [0, 0.1) is 0 Å². The second-order valence-corrected chi connectivity index (χ2v) is 17.4. The summed E-state index contributed by atoms with van der Waals surface area (Å²) in [5.74, 6) is 0.704. The molecule has 0 saturated carbocycles. The van der Waals surface area contributed by atoms with Gasteiger partial charge in [-0.3, -0.25) is 0 Å². The number of benzene rings is 11. The highest BCUT2D eigenvalue weighted by molar-refractivity contribution is 6.09. The average Bonchev–Trinajstić information content (AvgIpc) is 3.43. The van der Waals surface area contributed by atoms with Gasteiger partial charge in [0.05, 0.1) is 11.2 Å². The molecule has 0 aliphatic rings. The standard InChI is InChI=1S/C66H44N2/c1-4-13-45(14-5-1)57-20-12-21-58(41-57)52-27-23-48(24-28-52)51-33-37-56(38-34-51)66-67-64(63-40-39-54-19-10-11-22-62(54)65(63)68-66)55-35-31-50(32-36-55)49-25-29-53(30-26-49)61-43-59(46-15-6-2-7-16-46)42-60(44-61)47-17-8-3-9-18-47/h1-44H. The van der Waals surface area contributed by atoms with Crippen molar-refractivity contribution >= 4 is 21.7 Å². The van der Waals surface area contributed by atoms with Crippen molar-refractivity contribution < 1.29 is 0 Å². The molecule has 11 aromatic carbocycles. The van der Waals surface area contributed by atoms with Gasteiger partial charge in [0.2, 0.25) is 0 Å². The predicted octanol–water partition coefficient (Wildman–Crippen LogP) is 17.8. The van der Waals surface area contributed by atoms with Crippen LogP contribution in [0.15, 0.2) is 267 Å². The summed E-state index contributed by atoms with van der Waals surface area (Å²) in [5.41, 5.74) is 20.5. The Morgan fingerprint density at radius 3 is 1.01 bits per heavy atom. The molecule has 0 fully saturated rings. The van der Waals surface area contributed by atoms with Gasteiger partial charge >= 0.3 is 0 Å². The molecular formula is C66H44N2. The molecule has 0 aliphatic carbocycles. The number of hydrogen-bond donors (Lipinski definition) is 0. The molecule has 1 heterocycles. The van der Waals surface area contributed by atoms with Crippen LogP contribution >= 0.6 is 0 Å². The highest BCUT2D eigenvalue weighted by Gasteiger charge is 2.15. The number of fused-ring (bicyclic) bond motifs is 3. The SMILES string of the molecule is c1ccc(-c2cccc(-c3ccc(-c4ccc(-c5nc(-c6ccc(-c7ccc(-c8cc(-c9ccccc9)cc(-c9ccccc9)c8)cc7)cc6)c6ccc7ccccc7c6n5)cc4)cc3)c2)cc1. The fourth-order valence-corrected chi connectivity index (χ4v) is 9.45. The smallest absolute Gasteiger partial charge is 0.160 e. The van der Waals surface area contributed by atoms with Gasteiger partial charge < -0.3 is 0 Å². The Labute approximate surface area is 397 Å². The molecule has 0 N–H and O–H groups in total. The minimum atomic E-state index is 0.704. The molecule has 0 saturated heterocycles. The van der Waals surface area contributed by atoms with Crippen molar-refractivity contribution in [2.24, 2.45) is 0 Å². The molecule has 2 heteroatoms. The van der Waals surface area contributed by atoms with E-state index in [1.807, 2.05) is 0 Å². The van der Waals surface area contributed by atoms with Crippen LogP contribution in [0.4, 0.5) is 0 Å². The molecule has 0 atom stereocenters. The second-order valence-electron chi connectivity index (χ2n) is 17.4. The molecule has 12 rings (SSSR count). The third-order valence-corrected chi connectivity index (χ3v) is 13.1. The Hall–Kier alpha value is -8.98. The van der Waals surface area contributed by atoms with Crippen LogP contribution in [0.25, 0.3) is 122 Å². The van der Waals surface area contributed by atoms with Gasteiger partial charge in [-0.15, -0.1) is 0 Å². The summed E-state index contributed by atoms with van der Waals surface area (Å²) in [7, 11) is 0. The topological polar surface area (TPSA) is 25.8 Å². The van der Waals surface area contributed by atoms with Crippen molar-refractivity contribution in [2.45, 2.75) is 0 Å². The highest BCUT2D eigenvalue weighted by atomic mass is 14.9. The summed E-state index contributed by atoms with van der Waals surface area (Å²) in [5, 5.41) is 3.30. The van der Waals surface area contributed by atoms with Gasteiger partial charge in [-0.2, -0.15) is 0 Å². The van der Waals surface area contributed by atoms with Crippen molar-refractivity contribution in [1.29, 1.82) is 0 Å². The van der Waals surface area contributed by atoms with E-state index in [-0.39, 0.29) is 0 Å². The molecule has 0 spiro atoms. The Kier molecular flexibility index (Phi) is 10.6. The van der Waals surface area contributed by atoms with E-state index in [0.717, 1.165) is 60.8 Å². The zero-order valence-corrected chi connectivity index (χ0v) is 37.3. The molecular weight excluding hydrogens is 821 g/mol. The summed E-state index contributed by atoms with van der Waals surface area (Å²) in [6.07, 6.45) is 0. The second kappa shape index (κ2) is 17.8. The lowest BCUT2D eigenvalue weighted by atomic mass is 9.92. The summed E-state index contributed by atoms with van der Waals surface area (Å²) in [4.78, 5) is 10.6. The predicted molar refractivity (Wildman–Crippen MR) is 286 cm³/mol. The zero-order valence-electron chi connectivity index (χ0n) is 37.3. The van der Waals surface area contributed by atoms with E-state index in [1.165, 1.54) is 55.6 Å². The van der Waals surface area contributed by atoms with Crippen LogP contribution in [-0.2, 0) is 0 Å². The van der Waals surface area contributed by atoms with Gasteiger partial charge in [0.25, 0.3) is 0 Å². The van der Waals surface area contributed by atoms with Gasteiger partial charge in [-0.05, 0) is 114 Å². The largest absolute Gasteiger partial charge is 0.227 e. The lowest BCUT2D eigenvalue weighted by Gasteiger charge is -2.13. The van der Waals surface area contributed by atoms with E-state index < -0.39 is 0 Å². The Balaban J connectivity index is 0.841. The van der Waals surface area contributed by atoms with Crippen LogP contribution < -0.4 is 0 Å². The normalized spacial score (nSPS) is 11.2. The van der Waals surface area contributed by atoms with Crippen molar-refractivity contribution in [2.75, 3.05) is 0 Å². The Bertz CT molecular complexity index is 3660. The number of aromatic nitrogens is 2. The van der Waals surface area contributed by atoms with Gasteiger partial charge in [-0.25, -0.2) is 9.97 Å². The first kappa shape index (κ1) is 40.5. The summed E-state index contributed by atoms with van der Waals surface area (Å²) < 4.78 is 0.